The van der Waals surface area contributed by atoms with Crippen molar-refractivity contribution >= 4 is 83.1 Å². The molecule has 0 unspecified atom stereocenters. The highest BCUT2D eigenvalue weighted by Gasteiger charge is 2.20. The zero-order valence-electron chi connectivity index (χ0n) is 24.5. The van der Waals surface area contributed by atoms with Crippen molar-refractivity contribution in [3.63, 3.8) is 0 Å². The number of aromatic nitrogens is 2. The number of rotatable bonds is 9. The number of hydrogen-bond acceptors (Lipinski definition) is 7. The first-order chi connectivity index (χ1) is 22.2. The van der Waals surface area contributed by atoms with Crippen molar-refractivity contribution in [3.05, 3.63) is 114 Å². The van der Waals surface area contributed by atoms with E-state index in [2.05, 4.69) is 42.3 Å². The summed E-state index contributed by atoms with van der Waals surface area (Å²) in [5.74, 6) is 0.937. The molecule has 0 saturated heterocycles. The Morgan fingerprint density at radius 1 is 1.04 bits per heavy atom. The summed E-state index contributed by atoms with van der Waals surface area (Å²) >= 11 is 13.4. The van der Waals surface area contributed by atoms with Crippen LogP contribution in [0.1, 0.15) is 18.1 Å². The third-order valence-electron chi connectivity index (χ3n) is 6.90. The highest BCUT2D eigenvalue weighted by molar-refractivity contribution is 9.13. The van der Waals surface area contributed by atoms with Gasteiger partial charge in [-0.25, -0.2) is 4.98 Å². The van der Waals surface area contributed by atoms with Crippen LogP contribution in [0.2, 0.25) is 5.02 Å². The number of hydrogen-bond donors (Lipinski definition) is 1. The second kappa shape index (κ2) is 13.5. The molecule has 0 radical (unpaired) electrons. The first kappa shape index (κ1) is 31.5. The van der Waals surface area contributed by atoms with Crippen molar-refractivity contribution in [2.24, 2.45) is 5.10 Å². The zero-order valence-corrected chi connectivity index (χ0v) is 28.4. The normalized spacial score (nSPS) is 11.4. The van der Waals surface area contributed by atoms with E-state index in [9.17, 15) is 9.59 Å². The summed E-state index contributed by atoms with van der Waals surface area (Å²) in [5.41, 5.74) is 3.03. The van der Waals surface area contributed by atoms with E-state index in [1.165, 1.54) is 10.9 Å². The Bertz CT molecular complexity index is 2200. The molecule has 2 aromatic heterocycles. The van der Waals surface area contributed by atoms with Crippen LogP contribution in [-0.2, 0) is 4.79 Å². The molecule has 1 amide bonds. The first-order valence-electron chi connectivity index (χ1n) is 14.1. The minimum Gasteiger partial charge on any atom is -0.490 e. The van der Waals surface area contributed by atoms with Crippen LogP contribution in [0.4, 0.5) is 5.69 Å². The van der Waals surface area contributed by atoms with E-state index in [-0.39, 0.29) is 23.9 Å². The zero-order chi connectivity index (χ0) is 32.4. The molecule has 0 saturated carbocycles. The average Bonchev–Trinajstić information content (AvgIpc) is 3.47. The lowest BCUT2D eigenvalue weighted by Gasteiger charge is -2.16. The molecule has 6 rings (SSSR count). The van der Waals surface area contributed by atoms with Crippen molar-refractivity contribution in [2.75, 3.05) is 18.5 Å². The molecule has 6 aromatic rings. The third-order valence-corrected chi connectivity index (χ3v) is 9.28. The summed E-state index contributed by atoms with van der Waals surface area (Å²) < 4.78 is 20.1. The van der Waals surface area contributed by atoms with Gasteiger partial charge in [-0.05, 0) is 100 Å². The third kappa shape index (κ3) is 6.57. The smallest absolute Gasteiger partial charge is 0.282 e. The molecule has 232 valence electrons. The summed E-state index contributed by atoms with van der Waals surface area (Å²) in [6.45, 7) is 3.90. The largest absolute Gasteiger partial charge is 0.490 e. The fourth-order valence-electron chi connectivity index (χ4n) is 4.70. The number of carbonyl (C=O) groups excluding carboxylic acids is 1. The van der Waals surface area contributed by atoms with Crippen molar-refractivity contribution in [1.29, 1.82) is 0 Å². The van der Waals surface area contributed by atoms with Crippen molar-refractivity contribution in [3.8, 4) is 23.1 Å². The minimum absolute atomic E-state index is 0.215. The highest BCUT2D eigenvalue weighted by atomic mass is 79.9. The number of ether oxygens (including phenoxy) is 2. The van der Waals surface area contributed by atoms with Crippen LogP contribution < -0.4 is 20.3 Å². The van der Waals surface area contributed by atoms with Crippen LogP contribution in [0.3, 0.4) is 0 Å². The second-order valence-electron chi connectivity index (χ2n) is 10.2. The van der Waals surface area contributed by atoms with E-state index in [4.69, 9.17) is 30.5 Å². The van der Waals surface area contributed by atoms with Gasteiger partial charge in [0.1, 0.15) is 5.58 Å². The summed E-state index contributed by atoms with van der Waals surface area (Å²) in [5, 5.41) is 9.10. The summed E-state index contributed by atoms with van der Waals surface area (Å²) in [7, 11) is 0. The molecule has 0 aliphatic carbocycles. The number of amides is 1. The van der Waals surface area contributed by atoms with Crippen LogP contribution in [0.5, 0.6) is 11.5 Å². The van der Waals surface area contributed by atoms with Crippen LogP contribution in [-0.4, -0.2) is 35.0 Å². The summed E-state index contributed by atoms with van der Waals surface area (Å²) in [6, 6.07) is 23.2. The lowest BCUT2D eigenvalue weighted by atomic mass is 10.2. The number of benzene rings is 4. The van der Waals surface area contributed by atoms with Crippen molar-refractivity contribution in [1.82, 2.24) is 9.66 Å². The predicted octanol–water partition coefficient (Wildman–Crippen LogP) is 8.59. The van der Waals surface area contributed by atoms with Gasteiger partial charge in [0.05, 0.1) is 28.2 Å². The van der Waals surface area contributed by atoms with Crippen LogP contribution >= 0.6 is 43.5 Å². The standard InChI is InChI=1S/C34H25Br2ClN4O5/c1-3-44-27-16-21(30(35)31(36)32(27)45-18-29(42)39-23-11-8-19(2)9-12-23)17-38-41-33(40-25-7-5-4-6-24(25)34(41)43)28-15-20-14-22(37)10-13-26(20)46-28/h4-17H,3,18H2,1-2H3,(H,39,42). The number of nitrogens with zero attached hydrogens (tertiary/aromatic N) is 3. The van der Waals surface area contributed by atoms with E-state index in [0.29, 0.717) is 65.6 Å². The molecule has 0 fully saturated rings. The SMILES string of the molecule is CCOc1cc(C=Nn2c(-c3cc4cc(Cl)ccc4o3)nc3ccccc3c2=O)c(Br)c(Br)c1OCC(=O)Nc1ccc(C)cc1. The molecule has 46 heavy (non-hydrogen) atoms. The summed E-state index contributed by atoms with van der Waals surface area (Å²) in [6.07, 6.45) is 1.51. The van der Waals surface area contributed by atoms with Crippen LogP contribution in [0, 0.1) is 6.92 Å². The minimum atomic E-state index is -0.380. The fraction of sp³-hybridized carbons (Fsp3) is 0.118. The van der Waals surface area contributed by atoms with Crippen molar-refractivity contribution < 1.29 is 18.7 Å². The molecule has 0 bridgehead atoms. The van der Waals surface area contributed by atoms with Crippen LogP contribution in [0.15, 0.2) is 102 Å². The lowest BCUT2D eigenvalue weighted by molar-refractivity contribution is -0.118. The molecule has 0 atom stereocenters. The van der Waals surface area contributed by atoms with Crippen LogP contribution in [0.25, 0.3) is 33.5 Å². The molecule has 2 heterocycles. The Morgan fingerprint density at radius 3 is 2.61 bits per heavy atom. The molecule has 4 aromatic carbocycles. The van der Waals surface area contributed by atoms with Gasteiger partial charge in [-0.3, -0.25) is 9.59 Å². The molecular formula is C34H25Br2ClN4O5. The van der Waals surface area contributed by atoms with E-state index in [0.717, 1.165) is 10.9 Å². The Labute approximate surface area is 285 Å². The van der Waals surface area contributed by atoms with Gasteiger partial charge in [-0.2, -0.15) is 9.78 Å². The second-order valence-corrected chi connectivity index (χ2v) is 12.2. The lowest BCUT2D eigenvalue weighted by Crippen LogP contribution is -2.21. The Morgan fingerprint density at radius 2 is 1.83 bits per heavy atom. The average molecular weight is 765 g/mol. The molecular weight excluding hydrogens is 740 g/mol. The van der Waals surface area contributed by atoms with Crippen molar-refractivity contribution in [2.45, 2.75) is 13.8 Å². The van der Waals surface area contributed by atoms with Gasteiger partial charge in [-0.1, -0.05) is 41.4 Å². The Hall–Kier alpha value is -4.45. The molecule has 0 aliphatic rings. The number of anilines is 1. The number of aryl methyl sites for hydroxylation is 1. The number of para-hydroxylation sites is 1. The molecule has 1 N–H and O–H groups in total. The topological polar surface area (TPSA) is 108 Å². The van der Waals surface area contributed by atoms with Gasteiger partial charge in [-0.15, -0.1) is 0 Å². The first-order valence-corrected chi connectivity index (χ1v) is 16.1. The van der Waals surface area contributed by atoms with Gasteiger partial charge >= 0.3 is 0 Å². The van der Waals surface area contributed by atoms with E-state index < -0.39 is 0 Å². The van der Waals surface area contributed by atoms with Gasteiger partial charge in [0, 0.05) is 26.1 Å². The highest BCUT2D eigenvalue weighted by Crippen LogP contribution is 2.42. The fourth-order valence-corrected chi connectivity index (χ4v) is 5.82. The Kier molecular flexibility index (Phi) is 9.25. The van der Waals surface area contributed by atoms with Gasteiger partial charge < -0.3 is 19.2 Å². The Balaban J connectivity index is 1.36. The van der Waals surface area contributed by atoms with Gasteiger partial charge in [0.2, 0.25) is 5.82 Å². The maximum absolute atomic E-state index is 13.7. The number of fused-ring (bicyclic) bond motifs is 2. The van der Waals surface area contributed by atoms with E-state index >= 15 is 0 Å². The molecule has 0 aliphatic heterocycles. The molecule has 0 spiro atoms. The number of carbonyl (C=O) groups is 1. The molecule has 12 heteroatoms. The number of furan rings is 1. The number of nitrogens with one attached hydrogen (secondary N) is 1. The monoisotopic (exact) mass is 762 g/mol. The van der Waals surface area contributed by atoms with E-state index in [1.54, 1.807) is 48.5 Å². The quantitative estimate of drug-likeness (QED) is 0.148. The predicted molar refractivity (Wildman–Crippen MR) is 188 cm³/mol. The number of halogens is 3. The van der Waals surface area contributed by atoms with E-state index in [1.807, 2.05) is 44.2 Å². The van der Waals surface area contributed by atoms with Gasteiger partial charge in [0.25, 0.3) is 11.5 Å². The molecule has 9 nitrogen and oxygen atoms in total. The summed E-state index contributed by atoms with van der Waals surface area (Å²) in [4.78, 5) is 31.1. The maximum Gasteiger partial charge on any atom is 0.282 e. The maximum atomic E-state index is 13.7. The van der Waals surface area contributed by atoms with Gasteiger partial charge in [0.15, 0.2) is 23.9 Å².